The molecule has 3 N–H and O–H groups in total. The summed E-state index contributed by atoms with van der Waals surface area (Å²) in [5.74, 6) is -0.526. The number of aromatic amines is 1. The number of aliphatic hydroxyl groups excluding tert-OH is 2. The Morgan fingerprint density at radius 3 is 2.95 bits per heavy atom. The smallest absolute Gasteiger partial charge is 0.338 e. The second-order valence-corrected chi connectivity index (χ2v) is 4.75. The van der Waals surface area contributed by atoms with Crippen LogP contribution in [0.15, 0.2) is 29.5 Å². The lowest BCUT2D eigenvalue weighted by Gasteiger charge is -2.18. The molecule has 0 saturated carbocycles. The Bertz CT molecular complexity index is 721. The maximum atomic E-state index is 11.8. The zero-order valence-electron chi connectivity index (χ0n) is 11.9. The van der Waals surface area contributed by atoms with Gasteiger partial charge in [-0.3, -0.25) is 0 Å². The number of ether oxygens (including phenoxy) is 1. The molecule has 0 aliphatic heterocycles. The van der Waals surface area contributed by atoms with Crippen LogP contribution in [0.2, 0.25) is 0 Å². The van der Waals surface area contributed by atoms with Crippen LogP contribution < -0.4 is 0 Å². The molecule has 1 aromatic heterocycles. The molecule has 2 unspecified atom stereocenters. The number of carbonyl (C=O) groups excluding carboxylic acids is 1. The number of H-pyrrole nitrogens is 1. The number of hydrogen-bond donors (Lipinski definition) is 3. The number of nitrogens with zero attached hydrogens (tertiary/aromatic N) is 3. The number of aromatic nitrogens is 1. The van der Waals surface area contributed by atoms with Gasteiger partial charge in [0, 0.05) is 28.6 Å². The third kappa shape index (κ3) is 3.20. The van der Waals surface area contributed by atoms with Crippen molar-refractivity contribution in [1.29, 1.82) is 0 Å². The average Bonchev–Trinajstić information content (AvgIpc) is 3.00. The number of esters is 1. The number of nitrogens with one attached hydrogen (secondary N) is 1. The van der Waals surface area contributed by atoms with Crippen molar-refractivity contribution in [2.24, 2.45) is 5.11 Å². The van der Waals surface area contributed by atoms with Crippen molar-refractivity contribution < 1.29 is 19.7 Å². The maximum Gasteiger partial charge on any atom is 0.338 e. The van der Waals surface area contributed by atoms with Gasteiger partial charge in [-0.25, -0.2) is 4.79 Å². The van der Waals surface area contributed by atoms with E-state index in [1.807, 2.05) is 0 Å². The van der Waals surface area contributed by atoms with Gasteiger partial charge in [-0.15, -0.1) is 0 Å². The molecule has 0 radical (unpaired) electrons. The largest absolute Gasteiger partial charge is 0.465 e. The molecule has 0 bridgehead atoms. The molecule has 8 nitrogen and oxygen atoms in total. The second kappa shape index (κ2) is 6.95. The number of rotatable bonds is 6. The number of hydrogen-bond acceptors (Lipinski definition) is 5. The van der Waals surface area contributed by atoms with Crippen LogP contribution >= 0.6 is 0 Å². The van der Waals surface area contributed by atoms with E-state index in [1.54, 1.807) is 18.3 Å². The Kier molecular flexibility index (Phi) is 5.00. The highest BCUT2D eigenvalue weighted by Gasteiger charge is 2.21. The van der Waals surface area contributed by atoms with E-state index in [4.69, 9.17) is 10.3 Å². The van der Waals surface area contributed by atoms with Gasteiger partial charge >= 0.3 is 5.97 Å². The lowest BCUT2D eigenvalue weighted by Crippen LogP contribution is -2.19. The minimum absolute atomic E-state index is 0.0727. The molecule has 0 aliphatic rings. The van der Waals surface area contributed by atoms with E-state index in [0.29, 0.717) is 22.0 Å². The lowest BCUT2D eigenvalue weighted by molar-refractivity contribution is 0.0150. The van der Waals surface area contributed by atoms with Gasteiger partial charge in [0.25, 0.3) is 0 Å². The van der Waals surface area contributed by atoms with Crippen LogP contribution in [0.4, 0.5) is 0 Å². The molecular formula is C14H16N4O4. The van der Waals surface area contributed by atoms with Crippen LogP contribution in [0, 0.1) is 0 Å². The Morgan fingerprint density at radius 2 is 2.27 bits per heavy atom. The molecule has 0 spiro atoms. The van der Waals surface area contributed by atoms with Crippen LogP contribution in [-0.4, -0.2) is 40.9 Å². The Labute approximate surface area is 126 Å². The Morgan fingerprint density at radius 1 is 1.50 bits per heavy atom. The predicted molar refractivity (Wildman–Crippen MR) is 79.2 cm³/mol. The topological polar surface area (TPSA) is 131 Å². The first kappa shape index (κ1) is 15.8. The van der Waals surface area contributed by atoms with Crippen LogP contribution in [0.5, 0.6) is 0 Å². The van der Waals surface area contributed by atoms with Gasteiger partial charge in [-0.1, -0.05) is 5.11 Å². The molecule has 2 atom stereocenters. The highest BCUT2D eigenvalue weighted by molar-refractivity contribution is 6.04. The highest BCUT2D eigenvalue weighted by atomic mass is 16.5. The van der Waals surface area contributed by atoms with E-state index in [0.717, 1.165) is 0 Å². The molecule has 8 heteroatoms. The molecule has 0 saturated heterocycles. The van der Waals surface area contributed by atoms with Gasteiger partial charge in [-0.05, 0) is 35.7 Å². The lowest BCUT2D eigenvalue weighted by atomic mass is 9.98. The average molecular weight is 304 g/mol. The summed E-state index contributed by atoms with van der Waals surface area (Å²) in [5, 5.41) is 24.2. The summed E-state index contributed by atoms with van der Waals surface area (Å²) in [7, 11) is 1.28. The fourth-order valence-electron chi connectivity index (χ4n) is 2.25. The van der Waals surface area contributed by atoms with E-state index in [-0.39, 0.29) is 13.0 Å². The zero-order valence-corrected chi connectivity index (χ0v) is 11.9. The van der Waals surface area contributed by atoms with E-state index in [9.17, 15) is 15.0 Å². The summed E-state index contributed by atoms with van der Waals surface area (Å²) < 4.78 is 4.74. The van der Waals surface area contributed by atoms with E-state index >= 15 is 0 Å². The van der Waals surface area contributed by atoms with Gasteiger partial charge in [0.15, 0.2) is 0 Å². The molecule has 1 heterocycles. The van der Waals surface area contributed by atoms with Gasteiger partial charge < -0.3 is 19.9 Å². The van der Waals surface area contributed by atoms with Crippen molar-refractivity contribution >= 4 is 16.9 Å². The second-order valence-electron chi connectivity index (χ2n) is 4.75. The van der Waals surface area contributed by atoms with Gasteiger partial charge in [0.2, 0.25) is 0 Å². The monoisotopic (exact) mass is 304 g/mol. The van der Waals surface area contributed by atoms with Crippen molar-refractivity contribution in [3.05, 3.63) is 46.0 Å². The number of benzene rings is 1. The first-order valence-corrected chi connectivity index (χ1v) is 6.64. The normalized spacial score (nSPS) is 13.4. The summed E-state index contributed by atoms with van der Waals surface area (Å²) in [5.41, 5.74) is 9.55. The van der Waals surface area contributed by atoms with E-state index < -0.39 is 18.2 Å². The minimum atomic E-state index is -1.20. The van der Waals surface area contributed by atoms with Crippen molar-refractivity contribution in [1.82, 2.24) is 4.98 Å². The molecular weight excluding hydrogens is 288 g/mol. The number of fused-ring (bicyclic) bond motifs is 1. The van der Waals surface area contributed by atoms with E-state index in [1.165, 1.54) is 13.2 Å². The number of azide groups is 1. The Balaban J connectivity index is 2.34. The summed E-state index contributed by atoms with van der Waals surface area (Å²) in [6.07, 6.45) is -0.527. The summed E-state index contributed by atoms with van der Waals surface area (Å²) >= 11 is 0. The zero-order chi connectivity index (χ0) is 16.1. The van der Waals surface area contributed by atoms with Gasteiger partial charge in [0.1, 0.15) is 6.10 Å². The van der Waals surface area contributed by atoms with Crippen LogP contribution in [0.3, 0.4) is 0 Å². The number of aliphatic hydroxyl groups is 2. The molecule has 2 aromatic rings. The number of carbonyl (C=O) groups is 1. The van der Waals surface area contributed by atoms with Crippen LogP contribution in [0.25, 0.3) is 21.3 Å². The van der Waals surface area contributed by atoms with E-state index in [2.05, 4.69) is 15.0 Å². The SMILES string of the molecule is COC(=O)c1cc(C(O)C(O)CCN=[N+]=[N-])cc2[nH]ccc12. The summed E-state index contributed by atoms with van der Waals surface area (Å²) in [6.45, 7) is 0.0727. The molecule has 2 rings (SSSR count). The van der Waals surface area contributed by atoms with Gasteiger partial charge in [-0.2, -0.15) is 0 Å². The van der Waals surface area contributed by atoms with Crippen LogP contribution in [-0.2, 0) is 4.74 Å². The highest BCUT2D eigenvalue weighted by Crippen LogP contribution is 2.27. The molecule has 22 heavy (non-hydrogen) atoms. The minimum Gasteiger partial charge on any atom is -0.465 e. The number of methoxy groups -OCH3 is 1. The van der Waals surface area contributed by atoms with Crippen molar-refractivity contribution in [3.8, 4) is 0 Å². The predicted octanol–water partition coefficient (Wildman–Crippen LogP) is 2.05. The third-order valence-electron chi connectivity index (χ3n) is 3.39. The first-order chi connectivity index (χ1) is 10.6. The fourth-order valence-corrected chi connectivity index (χ4v) is 2.25. The molecule has 0 amide bonds. The van der Waals surface area contributed by atoms with Gasteiger partial charge in [0.05, 0.1) is 18.8 Å². The van der Waals surface area contributed by atoms with Crippen molar-refractivity contribution in [2.75, 3.05) is 13.7 Å². The van der Waals surface area contributed by atoms with Crippen LogP contribution in [0.1, 0.15) is 28.4 Å². The maximum absolute atomic E-state index is 11.8. The molecule has 0 aliphatic carbocycles. The quantitative estimate of drug-likeness (QED) is 0.326. The van der Waals surface area contributed by atoms with Crippen molar-refractivity contribution in [3.63, 3.8) is 0 Å². The molecule has 0 fully saturated rings. The molecule has 116 valence electrons. The summed E-state index contributed by atoms with van der Waals surface area (Å²) in [6, 6.07) is 4.88. The summed E-state index contributed by atoms with van der Waals surface area (Å²) in [4.78, 5) is 17.4. The Hall–Kier alpha value is -2.54. The third-order valence-corrected chi connectivity index (χ3v) is 3.39. The first-order valence-electron chi connectivity index (χ1n) is 6.64. The van der Waals surface area contributed by atoms with Crippen molar-refractivity contribution in [2.45, 2.75) is 18.6 Å². The fraction of sp³-hybridized carbons (Fsp3) is 0.357. The molecule has 1 aromatic carbocycles. The standard InChI is InChI=1S/C14H16N4O4/c1-22-14(21)10-6-8(7-11-9(10)2-4-16-11)13(20)12(19)3-5-17-18-15/h2,4,6-7,12-13,16,19-20H,3,5H2,1H3.